The predicted molar refractivity (Wildman–Crippen MR) is 75.4 cm³/mol. The van der Waals surface area contributed by atoms with Crippen LogP contribution in [0.3, 0.4) is 0 Å². The van der Waals surface area contributed by atoms with Crippen LogP contribution in [0.4, 0.5) is 5.13 Å². The molecule has 0 aliphatic carbocycles. The molecule has 0 aliphatic rings. The molecule has 0 amide bonds. The Morgan fingerprint density at radius 2 is 2.16 bits per heavy atom. The summed E-state index contributed by atoms with van der Waals surface area (Å²) < 4.78 is 4.68. The molecule has 6 nitrogen and oxygen atoms in total. The SMILES string of the molecule is CCN(CC)c1ncc(CNCCc2ncon2)s1. The number of hydrogen-bond acceptors (Lipinski definition) is 7. The monoisotopic (exact) mass is 281 g/mol. The lowest BCUT2D eigenvalue weighted by atomic mass is 10.4. The summed E-state index contributed by atoms with van der Waals surface area (Å²) in [7, 11) is 0. The molecule has 1 N–H and O–H groups in total. The highest BCUT2D eigenvalue weighted by molar-refractivity contribution is 7.15. The van der Waals surface area contributed by atoms with Gasteiger partial charge in [-0.25, -0.2) is 4.98 Å². The Labute approximate surface area is 116 Å². The van der Waals surface area contributed by atoms with E-state index in [1.54, 1.807) is 11.3 Å². The molecule has 104 valence electrons. The zero-order valence-corrected chi connectivity index (χ0v) is 12.1. The fourth-order valence-corrected chi connectivity index (χ4v) is 2.74. The number of hydrogen-bond donors (Lipinski definition) is 1. The first-order valence-corrected chi connectivity index (χ1v) is 7.30. The summed E-state index contributed by atoms with van der Waals surface area (Å²) in [6.07, 6.45) is 4.08. The van der Waals surface area contributed by atoms with E-state index in [4.69, 9.17) is 0 Å². The van der Waals surface area contributed by atoms with Crippen molar-refractivity contribution < 1.29 is 4.52 Å². The highest BCUT2D eigenvalue weighted by atomic mass is 32.1. The van der Waals surface area contributed by atoms with Gasteiger partial charge in [0.25, 0.3) is 0 Å². The van der Waals surface area contributed by atoms with Crippen LogP contribution < -0.4 is 10.2 Å². The van der Waals surface area contributed by atoms with E-state index in [0.29, 0.717) is 0 Å². The molecule has 0 unspecified atom stereocenters. The van der Waals surface area contributed by atoms with Gasteiger partial charge >= 0.3 is 0 Å². The van der Waals surface area contributed by atoms with Gasteiger partial charge in [-0.1, -0.05) is 5.16 Å². The van der Waals surface area contributed by atoms with Crippen LogP contribution in [0.15, 0.2) is 17.1 Å². The van der Waals surface area contributed by atoms with Crippen LogP contribution in [0.1, 0.15) is 24.5 Å². The minimum absolute atomic E-state index is 0.737. The summed E-state index contributed by atoms with van der Waals surface area (Å²) >= 11 is 1.74. The zero-order valence-electron chi connectivity index (χ0n) is 11.3. The second-order valence-corrected chi connectivity index (χ2v) is 5.15. The van der Waals surface area contributed by atoms with E-state index in [2.05, 4.69) is 43.7 Å². The van der Waals surface area contributed by atoms with Gasteiger partial charge in [-0.15, -0.1) is 11.3 Å². The molecule has 0 saturated heterocycles. The van der Waals surface area contributed by atoms with E-state index in [1.807, 2.05) is 6.20 Å². The van der Waals surface area contributed by atoms with Crippen LogP contribution >= 0.6 is 11.3 Å². The highest BCUT2D eigenvalue weighted by Gasteiger charge is 2.07. The van der Waals surface area contributed by atoms with Gasteiger partial charge < -0.3 is 14.7 Å². The largest absolute Gasteiger partial charge is 0.349 e. The summed E-state index contributed by atoms with van der Waals surface area (Å²) in [4.78, 5) is 11.9. The smallest absolute Gasteiger partial charge is 0.213 e. The lowest BCUT2D eigenvalue weighted by Gasteiger charge is -2.16. The molecule has 2 heterocycles. The average molecular weight is 281 g/mol. The van der Waals surface area contributed by atoms with Gasteiger partial charge in [0, 0.05) is 43.7 Å². The molecule has 0 spiro atoms. The summed E-state index contributed by atoms with van der Waals surface area (Å²) in [5, 5.41) is 8.22. The number of thiazole rings is 1. The summed E-state index contributed by atoms with van der Waals surface area (Å²) in [6, 6.07) is 0. The minimum Gasteiger partial charge on any atom is -0.349 e. The van der Waals surface area contributed by atoms with Crippen molar-refractivity contribution in [3.63, 3.8) is 0 Å². The molecule has 19 heavy (non-hydrogen) atoms. The van der Waals surface area contributed by atoms with E-state index in [0.717, 1.165) is 43.6 Å². The number of nitrogens with one attached hydrogen (secondary N) is 1. The van der Waals surface area contributed by atoms with Crippen molar-refractivity contribution in [3.8, 4) is 0 Å². The highest BCUT2D eigenvalue weighted by Crippen LogP contribution is 2.21. The molecule has 2 aromatic heterocycles. The lowest BCUT2D eigenvalue weighted by Crippen LogP contribution is -2.21. The maximum absolute atomic E-state index is 4.68. The number of rotatable bonds is 8. The third-order valence-corrected chi connectivity index (χ3v) is 3.87. The molecule has 7 heteroatoms. The van der Waals surface area contributed by atoms with Crippen LogP contribution in [0.2, 0.25) is 0 Å². The first-order chi connectivity index (χ1) is 9.33. The van der Waals surface area contributed by atoms with Gasteiger partial charge in [-0.2, -0.15) is 4.98 Å². The van der Waals surface area contributed by atoms with Crippen LogP contribution in [-0.2, 0) is 13.0 Å². The van der Waals surface area contributed by atoms with Gasteiger partial charge in [0.05, 0.1) is 0 Å². The third-order valence-electron chi connectivity index (χ3n) is 2.81. The van der Waals surface area contributed by atoms with Gasteiger partial charge in [0.1, 0.15) is 0 Å². The molecule has 2 aromatic rings. The number of nitrogens with zero attached hydrogens (tertiary/aromatic N) is 4. The maximum Gasteiger partial charge on any atom is 0.213 e. The zero-order chi connectivity index (χ0) is 13.5. The van der Waals surface area contributed by atoms with Gasteiger partial charge in [-0.05, 0) is 13.8 Å². The fraction of sp³-hybridized carbons (Fsp3) is 0.583. The lowest BCUT2D eigenvalue weighted by molar-refractivity contribution is 0.409. The van der Waals surface area contributed by atoms with E-state index >= 15 is 0 Å². The van der Waals surface area contributed by atoms with E-state index in [-0.39, 0.29) is 0 Å². The fourth-order valence-electron chi connectivity index (χ4n) is 1.73. The number of aromatic nitrogens is 3. The van der Waals surface area contributed by atoms with Crippen molar-refractivity contribution in [2.45, 2.75) is 26.8 Å². The van der Waals surface area contributed by atoms with Crippen LogP contribution in [-0.4, -0.2) is 34.8 Å². The second-order valence-electron chi connectivity index (χ2n) is 4.06. The van der Waals surface area contributed by atoms with E-state index < -0.39 is 0 Å². The minimum atomic E-state index is 0.737. The van der Waals surface area contributed by atoms with E-state index in [1.165, 1.54) is 11.3 Å². The first kappa shape index (κ1) is 14.0. The molecule has 0 bridgehead atoms. The van der Waals surface area contributed by atoms with Crippen LogP contribution in [0, 0.1) is 0 Å². The molecule has 0 fully saturated rings. The Balaban J connectivity index is 1.74. The Kier molecular flexibility index (Phi) is 5.29. The molecule has 0 aromatic carbocycles. The Bertz CT molecular complexity index is 466. The topological polar surface area (TPSA) is 67.1 Å². The molecule has 0 aliphatic heterocycles. The van der Waals surface area contributed by atoms with Gasteiger partial charge in [0.2, 0.25) is 6.39 Å². The normalized spacial score (nSPS) is 10.8. The van der Waals surface area contributed by atoms with E-state index in [9.17, 15) is 0 Å². The van der Waals surface area contributed by atoms with Crippen molar-refractivity contribution in [3.05, 3.63) is 23.3 Å². The quantitative estimate of drug-likeness (QED) is 0.743. The molecule has 0 saturated carbocycles. The summed E-state index contributed by atoms with van der Waals surface area (Å²) in [5.41, 5.74) is 0. The number of anilines is 1. The second kappa shape index (κ2) is 7.20. The Morgan fingerprint density at radius 1 is 1.32 bits per heavy atom. The maximum atomic E-state index is 4.68. The Morgan fingerprint density at radius 3 is 2.84 bits per heavy atom. The average Bonchev–Trinajstić information content (AvgIpc) is 3.08. The molecular formula is C12H19N5OS. The molecule has 0 radical (unpaired) electrons. The van der Waals surface area contributed by atoms with Crippen molar-refractivity contribution in [2.24, 2.45) is 0 Å². The van der Waals surface area contributed by atoms with Gasteiger partial charge in [-0.3, -0.25) is 0 Å². The van der Waals surface area contributed by atoms with Crippen molar-refractivity contribution in [1.82, 2.24) is 20.4 Å². The first-order valence-electron chi connectivity index (χ1n) is 6.49. The molecule has 2 rings (SSSR count). The van der Waals surface area contributed by atoms with Crippen molar-refractivity contribution in [2.75, 3.05) is 24.5 Å². The standard InChI is InChI=1S/C12H19N5OS/c1-3-17(4-2)12-14-8-10(19-12)7-13-6-5-11-15-9-18-16-11/h8-9,13H,3-7H2,1-2H3. The summed E-state index contributed by atoms with van der Waals surface area (Å²) in [5.74, 6) is 0.737. The molecule has 0 atom stereocenters. The van der Waals surface area contributed by atoms with Crippen molar-refractivity contribution in [1.29, 1.82) is 0 Å². The van der Waals surface area contributed by atoms with Crippen molar-refractivity contribution >= 4 is 16.5 Å². The van der Waals surface area contributed by atoms with Crippen LogP contribution in [0.5, 0.6) is 0 Å². The predicted octanol–water partition coefficient (Wildman–Crippen LogP) is 1.70. The third kappa shape index (κ3) is 4.00. The molecular weight excluding hydrogens is 262 g/mol. The summed E-state index contributed by atoms with van der Waals surface area (Å²) in [6.45, 7) is 7.94. The van der Waals surface area contributed by atoms with Gasteiger partial charge in [0.15, 0.2) is 11.0 Å². The van der Waals surface area contributed by atoms with Crippen LogP contribution in [0.25, 0.3) is 0 Å². The Hall–Kier alpha value is -1.47.